The lowest BCUT2D eigenvalue weighted by molar-refractivity contribution is 0.0526. The van der Waals surface area contributed by atoms with Gasteiger partial charge in [0.05, 0.1) is 6.04 Å². The molecule has 0 aliphatic carbocycles. The van der Waals surface area contributed by atoms with E-state index in [0.29, 0.717) is 6.42 Å². The summed E-state index contributed by atoms with van der Waals surface area (Å²) in [4.78, 5) is 0. The largest absolute Gasteiger partial charge is 0.306 e. The molecule has 0 fully saturated rings. The Morgan fingerprint density at radius 3 is 2.00 bits per heavy atom. The molecule has 0 amide bonds. The lowest BCUT2D eigenvalue weighted by Gasteiger charge is -2.25. The Bertz CT molecular complexity index is 111. The van der Waals surface area contributed by atoms with Crippen molar-refractivity contribution < 1.29 is 8.78 Å². The van der Waals surface area contributed by atoms with Gasteiger partial charge in [-0.2, -0.15) is 0 Å². The van der Waals surface area contributed by atoms with E-state index < -0.39 is 11.7 Å². The Kier molecular flexibility index (Phi) is 4.42. The van der Waals surface area contributed by atoms with Crippen molar-refractivity contribution in [2.75, 3.05) is 0 Å². The molecule has 0 spiro atoms. The molecule has 0 aliphatic rings. The molecule has 0 radical (unpaired) electrons. The van der Waals surface area contributed by atoms with Crippen LogP contribution in [0.3, 0.4) is 0 Å². The van der Waals surface area contributed by atoms with E-state index in [9.17, 15) is 8.78 Å². The number of nitrogens with one attached hydrogen (secondary N) is 1. The van der Waals surface area contributed by atoms with E-state index in [0.717, 1.165) is 0 Å². The topological polar surface area (TPSA) is 12.0 Å². The van der Waals surface area contributed by atoms with Gasteiger partial charge in [-0.3, -0.25) is 0 Å². The third-order valence-corrected chi connectivity index (χ3v) is 1.81. The van der Waals surface area contributed by atoms with Crippen molar-refractivity contribution in [1.82, 2.24) is 5.32 Å². The number of rotatable bonds is 4. The minimum absolute atomic E-state index is 0.103. The molecule has 0 heterocycles. The van der Waals surface area contributed by atoms with E-state index in [2.05, 4.69) is 5.32 Å². The van der Waals surface area contributed by atoms with Gasteiger partial charge in [0.15, 0.2) is 0 Å². The Morgan fingerprint density at radius 1 is 1.45 bits per heavy atom. The number of halogens is 2. The first-order valence-corrected chi connectivity index (χ1v) is 4.38. The van der Waals surface area contributed by atoms with Gasteiger partial charge >= 0.3 is 0 Å². The molecule has 1 N–H and O–H groups in total. The van der Waals surface area contributed by atoms with Gasteiger partial charge in [0.2, 0.25) is 0 Å². The highest BCUT2D eigenvalue weighted by Gasteiger charge is 2.32. The highest BCUT2D eigenvalue weighted by atomic mass is 31.0. The van der Waals surface area contributed by atoms with Crippen LogP contribution < -0.4 is 5.32 Å². The Labute approximate surface area is 69.1 Å². The molecule has 0 saturated carbocycles. The molecule has 0 bridgehead atoms. The van der Waals surface area contributed by atoms with Crippen molar-refractivity contribution in [3.05, 3.63) is 0 Å². The van der Waals surface area contributed by atoms with Gasteiger partial charge in [0, 0.05) is 6.04 Å². The minimum atomic E-state index is -2.70. The molecule has 0 aliphatic heterocycles. The molecule has 0 saturated heterocycles. The van der Waals surface area contributed by atoms with Crippen LogP contribution in [0.1, 0.15) is 27.2 Å². The monoisotopic (exact) mass is 183 g/mol. The summed E-state index contributed by atoms with van der Waals surface area (Å²) in [5.41, 5.74) is -2.70. The Morgan fingerprint density at radius 2 is 1.91 bits per heavy atom. The predicted molar refractivity (Wildman–Crippen MR) is 47.0 cm³/mol. The number of hydrogen-bond acceptors (Lipinski definition) is 1. The summed E-state index contributed by atoms with van der Waals surface area (Å²) in [7, 11) is 1.57. The average molecular weight is 183 g/mol. The van der Waals surface area contributed by atoms with Crippen LogP contribution in [-0.2, 0) is 0 Å². The van der Waals surface area contributed by atoms with Gasteiger partial charge in [-0.25, -0.2) is 8.78 Å². The highest BCUT2D eigenvalue weighted by Crippen LogP contribution is 2.28. The fourth-order valence-corrected chi connectivity index (χ4v) is 1.24. The van der Waals surface area contributed by atoms with Gasteiger partial charge < -0.3 is 5.32 Å². The van der Waals surface area contributed by atoms with E-state index in [1.807, 2.05) is 13.8 Å². The second-order valence-electron chi connectivity index (χ2n) is 2.96. The van der Waals surface area contributed by atoms with Crippen LogP contribution in [0.2, 0.25) is 0 Å². The first-order valence-electron chi connectivity index (χ1n) is 3.80. The summed E-state index contributed by atoms with van der Waals surface area (Å²) < 4.78 is 25.3. The van der Waals surface area contributed by atoms with E-state index in [-0.39, 0.29) is 6.04 Å². The van der Waals surface area contributed by atoms with Gasteiger partial charge in [0.1, 0.15) is 0 Å². The van der Waals surface area contributed by atoms with E-state index >= 15 is 0 Å². The third kappa shape index (κ3) is 4.65. The van der Waals surface area contributed by atoms with E-state index in [4.69, 9.17) is 0 Å². The average Bonchev–Trinajstić information content (AvgIpc) is 1.79. The number of hydrogen-bond donors (Lipinski definition) is 1. The standard InChI is InChI=1S/C7H16F2NP/c1-4-6(7(8,9)11)10-5(2)3/h5-6,10H,4,11H2,1-3H3. The van der Waals surface area contributed by atoms with Crippen molar-refractivity contribution in [1.29, 1.82) is 0 Å². The molecule has 11 heavy (non-hydrogen) atoms. The fraction of sp³-hybridized carbons (Fsp3) is 1.00. The summed E-state index contributed by atoms with van der Waals surface area (Å²) in [5, 5.41) is 2.80. The zero-order valence-corrected chi connectivity index (χ0v) is 8.35. The molecule has 0 aromatic rings. The SMILES string of the molecule is CCC(NC(C)C)C(F)(F)P. The second kappa shape index (κ2) is 4.32. The minimum Gasteiger partial charge on any atom is -0.306 e. The van der Waals surface area contributed by atoms with E-state index in [1.165, 1.54) is 0 Å². The quantitative estimate of drug-likeness (QED) is 0.659. The van der Waals surface area contributed by atoms with Gasteiger partial charge in [-0.15, -0.1) is 0 Å². The summed E-state index contributed by atoms with van der Waals surface area (Å²) in [6, 6.07) is -0.626. The van der Waals surface area contributed by atoms with Gasteiger partial charge in [-0.05, 0) is 6.42 Å². The summed E-state index contributed by atoms with van der Waals surface area (Å²) in [6.07, 6.45) is 0.439. The maximum absolute atomic E-state index is 12.6. The maximum atomic E-state index is 12.6. The molecule has 1 nitrogen and oxygen atoms in total. The normalized spacial score (nSPS) is 15.5. The summed E-state index contributed by atoms with van der Waals surface area (Å²) in [5.74, 6) is 0. The molecule has 68 valence electrons. The fourth-order valence-electron chi connectivity index (χ4n) is 0.903. The van der Waals surface area contributed by atoms with Crippen molar-refractivity contribution in [3.63, 3.8) is 0 Å². The summed E-state index contributed by atoms with van der Waals surface area (Å²) in [6.45, 7) is 5.47. The molecule has 2 unspecified atom stereocenters. The molecular formula is C7H16F2NP. The van der Waals surface area contributed by atoms with Gasteiger partial charge in [-0.1, -0.05) is 30.0 Å². The molecule has 0 aromatic heterocycles. The maximum Gasteiger partial charge on any atom is 0.273 e. The highest BCUT2D eigenvalue weighted by molar-refractivity contribution is 7.18. The van der Waals surface area contributed by atoms with Crippen molar-refractivity contribution in [2.45, 2.75) is 44.9 Å². The zero-order chi connectivity index (χ0) is 9.07. The van der Waals surface area contributed by atoms with Crippen LogP contribution in [0, 0.1) is 0 Å². The van der Waals surface area contributed by atoms with Crippen molar-refractivity contribution in [3.8, 4) is 0 Å². The first kappa shape index (κ1) is 11.2. The Hall–Kier alpha value is 0.250. The lowest BCUT2D eigenvalue weighted by Crippen LogP contribution is -2.44. The molecule has 2 atom stereocenters. The van der Waals surface area contributed by atoms with Crippen LogP contribution in [0.4, 0.5) is 8.78 Å². The van der Waals surface area contributed by atoms with Crippen LogP contribution in [0.25, 0.3) is 0 Å². The second-order valence-corrected chi connectivity index (χ2v) is 3.73. The van der Waals surface area contributed by atoms with Crippen LogP contribution >= 0.6 is 9.24 Å². The van der Waals surface area contributed by atoms with Crippen LogP contribution in [0.15, 0.2) is 0 Å². The van der Waals surface area contributed by atoms with Crippen LogP contribution in [-0.4, -0.2) is 17.7 Å². The van der Waals surface area contributed by atoms with E-state index in [1.54, 1.807) is 16.2 Å². The van der Waals surface area contributed by atoms with Gasteiger partial charge in [0.25, 0.3) is 5.66 Å². The van der Waals surface area contributed by atoms with Crippen molar-refractivity contribution >= 4 is 9.24 Å². The first-order chi connectivity index (χ1) is 4.88. The lowest BCUT2D eigenvalue weighted by atomic mass is 10.2. The number of alkyl halides is 2. The molecular weight excluding hydrogens is 167 g/mol. The molecule has 4 heteroatoms. The Balaban J connectivity index is 3.96. The molecule has 0 rings (SSSR count). The predicted octanol–water partition coefficient (Wildman–Crippen LogP) is 2.23. The zero-order valence-electron chi connectivity index (χ0n) is 7.20. The summed E-state index contributed by atoms with van der Waals surface area (Å²) >= 11 is 0. The third-order valence-electron chi connectivity index (χ3n) is 1.41. The van der Waals surface area contributed by atoms with Crippen molar-refractivity contribution in [2.24, 2.45) is 0 Å². The van der Waals surface area contributed by atoms with Crippen LogP contribution in [0.5, 0.6) is 0 Å². The molecule has 0 aromatic carbocycles. The smallest absolute Gasteiger partial charge is 0.273 e.